The molecule has 1 aliphatic heterocycles. The zero-order chi connectivity index (χ0) is 13.2. The van der Waals surface area contributed by atoms with E-state index in [1.807, 2.05) is 31.2 Å². The summed E-state index contributed by atoms with van der Waals surface area (Å²) < 4.78 is 37.0. The maximum absolute atomic E-state index is 12.2. The summed E-state index contributed by atoms with van der Waals surface area (Å²) in [6, 6.07) is 7.51. The highest BCUT2D eigenvalue weighted by atomic mass is 32.2. The van der Waals surface area contributed by atoms with Crippen LogP contribution in [0, 0.1) is 6.92 Å². The molecular formula is C12H17NO3S2. The van der Waals surface area contributed by atoms with Crippen LogP contribution in [0.25, 0.3) is 0 Å². The number of sulfonamides is 1. The lowest BCUT2D eigenvalue weighted by atomic mass is 10.2. The first-order valence-electron chi connectivity index (χ1n) is 5.86. The Labute approximate surface area is 111 Å². The lowest BCUT2D eigenvalue weighted by Crippen LogP contribution is -2.42. The predicted molar refractivity (Wildman–Crippen MR) is 73.3 cm³/mol. The third-order valence-corrected chi connectivity index (χ3v) is 6.13. The van der Waals surface area contributed by atoms with Crippen molar-refractivity contribution in [1.29, 1.82) is 0 Å². The molecule has 0 radical (unpaired) electrons. The van der Waals surface area contributed by atoms with Gasteiger partial charge in [0.05, 0.1) is 5.75 Å². The summed E-state index contributed by atoms with van der Waals surface area (Å²) in [5.74, 6) is 0.931. The minimum absolute atomic E-state index is 0.0277. The van der Waals surface area contributed by atoms with Gasteiger partial charge in [-0.3, -0.25) is 4.21 Å². The van der Waals surface area contributed by atoms with Gasteiger partial charge in [-0.15, -0.1) is 0 Å². The van der Waals surface area contributed by atoms with Crippen LogP contribution in [-0.2, 0) is 26.6 Å². The van der Waals surface area contributed by atoms with Crippen molar-refractivity contribution in [2.45, 2.75) is 12.7 Å². The third kappa shape index (κ3) is 3.40. The fourth-order valence-electron chi connectivity index (χ4n) is 1.89. The van der Waals surface area contributed by atoms with Crippen molar-refractivity contribution in [3.8, 4) is 0 Å². The summed E-state index contributed by atoms with van der Waals surface area (Å²) in [5, 5.41) is 0. The van der Waals surface area contributed by atoms with Gasteiger partial charge in [-0.1, -0.05) is 29.8 Å². The fraction of sp³-hybridized carbons (Fsp3) is 0.500. The largest absolute Gasteiger partial charge is 0.259 e. The van der Waals surface area contributed by atoms with E-state index in [2.05, 4.69) is 0 Å². The van der Waals surface area contributed by atoms with Crippen molar-refractivity contribution < 1.29 is 12.6 Å². The highest BCUT2D eigenvalue weighted by Gasteiger charge is 2.26. The lowest BCUT2D eigenvalue weighted by molar-refractivity contribution is 0.438. The minimum Gasteiger partial charge on any atom is -0.259 e. The first-order chi connectivity index (χ1) is 8.47. The van der Waals surface area contributed by atoms with Gasteiger partial charge in [0, 0.05) is 35.4 Å². The first kappa shape index (κ1) is 13.7. The van der Waals surface area contributed by atoms with E-state index in [-0.39, 0.29) is 5.75 Å². The molecule has 100 valence electrons. The molecule has 0 N–H and O–H groups in total. The van der Waals surface area contributed by atoms with E-state index < -0.39 is 20.8 Å². The Morgan fingerprint density at radius 2 is 1.72 bits per heavy atom. The molecule has 0 atom stereocenters. The number of nitrogens with zero attached hydrogens (tertiary/aromatic N) is 1. The lowest BCUT2D eigenvalue weighted by Gasteiger charge is -2.25. The summed E-state index contributed by atoms with van der Waals surface area (Å²) in [7, 11) is -4.13. The molecule has 1 aliphatic rings. The summed E-state index contributed by atoms with van der Waals surface area (Å²) in [6.45, 7) is 2.72. The van der Waals surface area contributed by atoms with E-state index in [9.17, 15) is 12.6 Å². The van der Waals surface area contributed by atoms with Crippen LogP contribution in [0.5, 0.6) is 0 Å². The molecule has 1 aromatic carbocycles. The van der Waals surface area contributed by atoms with Crippen LogP contribution in [0.3, 0.4) is 0 Å². The second-order valence-electron chi connectivity index (χ2n) is 4.49. The van der Waals surface area contributed by atoms with Crippen LogP contribution in [-0.4, -0.2) is 41.5 Å². The van der Waals surface area contributed by atoms with Crippen molar-refractivity contribution in [1.82, 2.24) is 4.31 Å². The Kier molecular flexibility index (Phi) is 4.19. The molecule has 18 heavy (non-hydrogen) atoms. The Morgan fingerprint density at radius 3 is 2.28 bits per heavy atom. The van der Waals surface area contributed by atoms with Gasteiger partial charge < -0.3 is 0 Å². The zero-order valence-electron chi connectivity index (χ0n) is 10.3. The number of aryl methyl sites for hydroxylation is 1. The SMILES string of the molecule is Cc1ccc(CS(=O)(=O)N2CCS(=O)CC2)cc1. The van der Waals surface area contributed by atoms with Crippen molar-refractivity contribution >= 4 is 20.8 Å². The van der Waals surface area contributed by atoms with E-state index in [0.717, 1.165) is 11.1 Å². The van der Waals surface area contributed by atoms with Crippen molar-refractivity contribution in [2.24, 2.45) is 0 Å². The van der Waals surface area contributed by atoms with Crippen LogP contribution >= 0.6 is 0 Å². The Hall–Kier alpha value is -0.720. The molecule has 6 heteroatoms. The van der Waals surface area contributed by atoms with Crippen molar-refractivity contribution in [3.63, 3.8) is 0 Å². The quantitative estimate of drug-likeness (QED) is 0.829. The van der Waals surface area contributed by atoms with Crippen molar-refractivity contribution in [2.75, 3.05) is 24.6 Å². The molecule has 1 aromatic rings. The van der Waals surface area contributed by atoms with Gasteiger partial charge in [0.1, 0.15) is 0 Å². The highest BCUT2D eigenvalue weighted by Crippen LogP contribution is 2.14. The van der Waals surface area contributed by atoms with Gasteiger partial charge in [-0.2, -0.15) is 4.31 Å². The Bertz CT molecular complexity index is 527. The normalized spacial score (nSPS) is 18.9. The zero-order valence-corrected chi connectivity index (χ0v) is 12.0. The topological polar surface area (TPSA) is 54.5 Å². The van der Waals surface area contributed by atoms with Gasteiger partial charge in [-0.25, -0.2) is 8.42 Å². The molecule has 1 heterocycles. The van der Waals surface area contributed by atoms with Crippen LogP contribution in [0.15, 0.2) is 24.3 Å². The van der Waals surface area contributed by atoms with E-state index in [0.29, 0.717) is 24.6 Å². The predicted octanol–water partition coefficient (Wildman–Crippen LogP) is 0.889. The van der Waals surface area contributed by atoms with Crippen LogP contribution < -0.4 is 0 Å². The van der Waals surface area contributed by atoms with E-state index in [1.54, 1.807) is 0 Å². The number of benzene rings is 1. The van der Waals surface area contributed by atoms with E-state index in [4.69, 9.17) is 0 Å². The number of hydrogen-bond acceptors (Lipinski definition) is 3. The second kappa shape index (κ2) is 5.50. The van der Waals surface area contributed by atoms with Gasteiger partial charge in [0.15, 0.2) is 0 Å². The summed E-state index contributed by atoms with van der Waals surface area (Å²) in [5.41, 5.74) is 1.91. The molecular weight excluding hydrogens is 270 g/mol. The van der Waals surface area contributed by atoms with Gasteiger partial charge >= 0.3 is 0 Å². The molecule has 0 amide bonds. The smallest absolute Gasteiger partial charge is 0.218 e. The van der Waals surface area contributed by atoms with Gasteiger partial charge in [0.25, 0.3) is 0 Å². The van der Waals surface area contributed by atoms with Crippen LogP contribution in [0.4, 0.5) is 0 Å². The molecule has 0 unspecified atom stereocenters. The molecule has 0 spiro atoms. The summed E-state index contributed by atoms with van der Waals surface area (Å²) in [4.78, 5) is 0. The molecule has 0 aromatic heterocycles. The molecule has 0 saturated carbocycles. The van der Waals surface area contributed by atoms with Crippen LogP contribution in [0.1, 0.15) is 11.1 Å². The summed E-state index contributed by atoms with van der Waals surface area (Å²) in [6.07, 6.45) is 0. The average Bonchev–Trinajstić information content (AvgIpc) is 2.32. The maximum Gasteiger partial charge on any atom is 0.218 e. The van der Waals surface area contributed by atoms with Gasteiger partial charge in [0.2, 0.25) is 10.0 Å². The number of hydrogen-bond donors (Lipinski definition) is 0. The van der Waals surface area contributed by atoms with Gasteiger partial charge in [-0.05, 0) is 12.5 Å². The molecule has 2 rings (SSSR count). The van der Waals surface area contributed by atoms with E-state index >= 15 is 0 Å². The minimum atomic E-state index is -3.27. The standard InChI is InChI=1S/C12H17NO3S2/c1-11-2-4-12(5-3-11)10-18(15,16)13-6-8-17(14)9-7-13/h2-5H,6-10H2,1H3. The second-order valence-corrected chi connectivity index (χ2v) is 8.15. The van der Waals surface area contributed by atoms with Crippen molar-refractivity contribution in [3.05, 3.63) is 35.4 Å². The Morgan fingerprint density at radius 1 is 1.17 bits per heavy atom. The first-order valence-corrected chi connectivity index (χ1v) is 8.95. The number of rotatable bonds is 3. The molecule has 0 bridgehead atoms. The fourth-order valence-corrected chi connectivity index (χ4v) is 4.70. The summed E-state index contributed by atoms with van der Waals surface area (Å²) >= 11 is 0. The Balaban J connectivity index is 2.07. The maximum atomic E-state index is 12.2. The molecule has 1 fully saturated rings. The third-order valence-electron chi connectivity index (χ3n) is 3.00. The molecule has 4 nitrogen and oxygen atoms in total. The monoisotopic (exact) mass is 287 g/mol. The van der Waals surface area contributed by atoms with E-state index in [1.165, 1.54) is 4.31 Å². The average molecular weight is 287 g/mol. The molecule has 0 aliphatic carbocycles. The molecule has 1 saturated heterocycles. The highest BCUT2D eigenvalue weighted by molar-refractivity contribution is 7.88. The van der Waals surface area contributed by atoms with Crippen LogP contribution in [0.2, 0.25) is 0 Å².